The number of nitrogens with zero attached hydrogens (tertiary/aromatic N) is 2. The van der Waals surface area contributed by atoms with Crippen molar-refractivity contribution in [3.05, 3.63) is 78.1 Å². The Balaban J connectivity index is 1.43. The normalized spacial score (nSPS) is 16.3. The van der Waals surface area contributed by atoms with Gasteiger partial charge in [0.15, 0.2) is 16.0 Å². The highest BCUT2D eigenvalue weighted by Crippen LogP contribution is 2.30. The van der Waals surface area contributed by atoms with Gasteiger partial charge in [0.1, 0.15) is 12.4 Å². The van der Waals surface area contributed by atoms with Crippen molar-refractivity contribution in [2.75, 3.05) is 0 Å². The molecule has 0 aliphatic carbocycles. The Bertz CT molecular complexity index is 1150. The summed E-state index contributed by atoms with van der Waals surface area (Å²) in [5.41, 5.74) is 1.23. The Morgan fingerprint density at radius 1 is 1.10 bits per heavy atom. The van der Waals surface area contributed by atoms with E-state index in [4.69, 9.17) is 4.74 Å². The van der Waals surface area contributed by atoms with E-state index >= 15 is 0 Å². The van der Waals surface area contributed by atoms with Crippen molar-refractivity contribution in [3.8, 4) is 16.9 Å². The molecule has 1 aliphatic rings. The zero-order valence-electron chi connectivity index (χ0n) is 15.2. The van der Waals surface area contributed by atoms with E-state index in [1.165, 1.54) is 16.8 Å². The molecule has 2 heterocycles. The number of nitrogens with one attached hydrogen (secondary N) is 1. The number of carbonyl (C=O) groups is 1. The Labute approximate surface area is 171 Å². The molecule has 0 bridgehead atoms. The Kier molecular flexibility index (Phi) is 5.17. The van der Waals surface area contributed by atoms with Crippen LogP contribution in [0, 0.1) is 0 Å². The maximum Gasteiger partial charge on any atom is 0.416 e. The van der Waals surface area contributed by atoms with Crippen molar-refractivity contribution in [1.29, 1.82) is 0 Å². The van der Waals surface area contributed by atoms with Crippen molar-refractivity contribution < 1.29 is 26.9 Å². The first-order valence-corrected chi connectivity index (χ1v) is 9.83. The molecule has 1 amide bonds. The Morgan fingerprint density at radius 2 is 1.87 bits per heavy atom. The van der Waals surface area contributed by atoms with Crippen LogP contribution in [0.4, 0.5) is 13.2 Å². The van der Waals surface area contributed by atoms with Gasteiger partial charge >= 0.3 is 6.18 Å². The number of amides is 1. The summed E-state index contributed by atoms with van der Waals surface area (Å²) >= 11 is 0. The number of benzene rings is 2. The third-order valence-corrected chi connectivity index (χ3v) is 5.37. The van der Waals surface area contributed by atoms with Crippen molar-refractivity contribution >= 4 is 21.9 Å². The molecule has 10 heteroatoms. The maximum absolute atomic E-state index is 12.8. The lowest BCUT2D eigenvalue weighted by Crippen LogP contribution is -2.17. The predicted octanol–water partition coefficient (Wildman–Crippen LogP) is 3.74. The van der Waals surface area contributed by atoms with Crippen LogP contribution >= 0.6 is 0 Å². The van der Waals surface area contributed by atoms with E-state index in [1.54, 1.807) is 42.7 Å². The summed E-state index contributed by atoms with van der Waals surface area (Å²) in [4.78, 5) is 11.3. The Morgan fingerprint density at radius 3 is 2.53 bits per heavy atom. The summed E-state index contributed by atoms with van der Waals surface area (Å²) in [7, 11) is -1.65. The molecule has 1 aromatic heterocycles. The lowest BCUT2D eigenvalue weighted by molar-refractivity contribution is -0.137. The van der Waals surface area contributed by atoms with Gasteiger partial charge in [-0.3, -0.25) is 9.52 Å². The number of halogens is 3. The van der Waals surface area contributed by atoms with Gasteiger partial charge in [0.2, 0.25) is 0 Å². The summed E-state index contributed by atoms with van der Waals surface area (Å²) in [6, 6.07) is 11.9. The minimum absolute atomic E-state index is 0.00218. The zero-order valence-corrected chi connectivity index (χ0v) is 16.0. The minimum atomic E-state index is -4.40. The van der Waals surface area contributed by atoms with Crippen LogP contribution in [0.3, 0.4) is 0 Å². The second-order valence-electron chi connectivity index (χ2n) is 6.40. The largest absolute Gasteiger partial charge is 0.489 e. The first kappa shape index (κ1) is 19.9. The molecule has 30 heavy (non-hydrogen) atoms. The molecule has 0 fully saturated rings. The van der Waals surface area contributed by atoms with Crippen LogP contribution in [0.2, 0.25) is 0 Å². The monoisotopic (exact) mass is 433 g/mol. The van der Waals surface area contributed by atoms with Gasteiger partial charge in [0.05, 0.1) is 11.8 Å². The van der Waals surface area contributed by atoms with Gasteiger partial charge in [-0.15, -0.1) is 0 Å². The van der Waals surface area contributed by atoms with Crippen LogP contribution in [-0.2, 0) is 28.6 Å². The number of hydrogen-bond acceptors (Lipinski definition) is 4. The number of alkyl halides is 3. The topological polar surface area (TPSA) is 73.2 Å². The Hall–Kier alpha value is -3.40. The average molecular weight is 433 g/mol. The lowest BCUT2D eigenvalue weighted by Gasteiger charge is -2.10. The molecule has 1 aliphatic heterocycles. The van der Waals surface area contributed by atoms with Crippen LogP contribution in [0.5, 0.6) is 5.75 Å². The van der Waals surface area contributed by atoms with Gasteiger partial charge in [-0.25, -0.2) is 8.89 Å². The second kappa shape index (κ2) is 7.79. The summed E-state index contributed by atoms with van der Waals surface area (Å²) in [5.74, 6) is 0.0561. The smallest absolute Gasteiger partial charge is 0.416 e. The standard InChI is InChI=1S/C20H14F3N3O3S/c21-20(22,23)16-3-1-2-13(8-16)12-29-17-6-4-14(5-7-17)15-10-24-26(11-15)19-9-18(27)25-30(19)28/h1-11H,12H2,(H,25,27). The van der Waals surface area contributed by atoms with E-state index in [9.17, 15) is 22.2 Å². The minimum Gasteiger partial charge on any atom is -0.489 e. The van der Waals surface area contributed by atoms with E-state index < -0.39 is 28.6 Å². The third-order valence-electron chi connectivity index (χ3n) is 4.29. The fourth-order valence-electron chi connectivity index (χ4n) is 2.83. The lowest BCUT2D eigenvalue weighted by atomic mass is 10.1. The summed E-state index contributed by atoms with van der Waals surface area (Å²) in [5, 5.41) is 4.37. The zero-order chi connectivity index (χ0) is 21.3. The fourth-order valence-corrected chi connectivity index (χ4v) is 3.66. The SMILES string of the molecule is O=C1C=C(n2cc(-c3ccc(OCc4cccc(C(F)(F)F)c4)cc3)cn2)S(=O)N1. The molecule has 1 unspecified atom stereocenters. The van der Waals surface area contributed by atoms with Gasteiger partial charge < -0.3 is 4.74 Å². The quantitative estimate of drug-likeness (QED) is 0.665. The molecular formula is C20H14F3N3O3S. The van der Waals surface area contributed by atoms with Gasteiger partial charge in [-0.2, -0.15) is 18.3 Å². The number of hydrogen-bond donors (Lipinski definition) is 1. The predicted molar refractivity (Wildman–Crippen MR) is 104 cm³/mol. The highest BCUT2D eigenvalue weighted by Gasteiger charge is 2.30. The third kappa shape index (κ3) is 4.28. The molecule has 3 aromatic rings. The van der Waals surface area contributed by atoms with Crippen LogP contribution in [0.15, 0.2) is 67.0 Å². The number of ether oxygens (including phenoxy) is 1. The first-order valence-electron chi connectivity index (χ1n) is 8.68. The van der Waals surface area contributed by atoms with Gasteiger partial charge in [-0.05, 0) is 35.4 Å². The molecule has 1 N–H and O–H groups in total. The molecule has 2 aromatic carbocycles. The van der Waals surface area contributed by atoms with E-state index in [2.05, 4.69) is 9.82 Å². The van der Waals surface area contributed by atoms with Crippen LogP contribution in [0.25, 0.3) is 16.2 Å². The molecule has 154 valence electrons. The van der Waals surface area contributed by atoms with E-state index in [1.807, 2.05) is 0 Å². The van der Waals surface area contributed by atoms with Crippen LogP contribution in [-0.4, -0.2) is 19.9 Å². The van der Waals surface area contributed by atoms with Crippen LogP contribution in [0.1, 0.15) is 11.1 Å². The molecule has 0 spiro atoms. The molecule has 0 radical (unpaired) electrons. The van der Waals surface area contributed by atoms with Crippen LogP contribution < -0.4 is 9.46 Å². The summed E-state index contributed by atoms with van der Waals surface area (Å²) in [6.07, 6.45) is 0.0338. The number of aromatic nitrogens is 2. The highest BCUT2D eigenvalue weighted by atomic mass is 32.2. The summed E-state index contributed by atoms with van der Waals surface area (Å²) < 4.78 is 59.4. The average Bonchev–Trinajstić information content (AvgIpc) is 3.32. The molecule has 4 rings (SSSR count). The van der Waals surface area contributed by atoms with Gasteiger partial charge in [0.25, 0.3) is 5.91 Å². The second-order valence-corrected chi connectivity index (χ2v) is 7.56. The molecule has 0 saturated carbocycles. The molecule has 6 nitrogen and oxygen atoms in total. The van der Waals surface area contributed by atoms with E-state index in [0.717, 1.165) is 23.3 Å². The maximum atomic E-state index is 12.8. The molecule has 1 atom stereocenters. The molecule has 0 saturated heterocycles. The van der Waals surface area contributed by atoms with Crippen molar-refractivity contribution in [3.63, 3.8) is 0 Å². The van der Waals surface area contributed by atoms with Crippen molar-refractivity contribution in [1.82, 2.24) is 14.5 Å². The highest BCUT2D eigenvalue weighted by molar-refractivity contribution is 7.93. The van der Waals surface area contributed by atoms with E-state index in [-0.39, 0.29) is 11.6 Å². The number of carbonyl (C=O) groups excluding carboxylic acids is 1. The van der Waals surface area contributed by atoms with Gasteiger partial charge in [0, 0.05) is 17.8 Å². The van der Waals surface area contributed by atoms with Crippen molar-refractivity contribution in [2.45, 2.75) is 12.8 Å². The molecular weight excluding hydrogens is 419 g/mol. The van der Waals surface area contributed by atoms with Crippen molar-refractivity contribution in [2.24, 2.45) is 0 Å². The van der Waals surface area contributed by atoms with E-state index in [0.29, 0.717) is 11.3 Å². The fraction of sp³-hybridized carbons (Fsp3) is 0.100. The summed E-state index contributed by atoms with van der Waals surface area (Å²) in [6.45, 7) is 0.00218. The van der Waals surface area contributed by atoms with Gasteiger partial charge in [-0.1, -0.05) is 24.3 Å². The first-order chi connectivity index (χ1) is 14.3. The number of rotatable bonds is 5.